The highest BCUT2D eigenvalue weighted by molar-refractivity contribution is 5.82. The summed E-state index contributed by atoms with van der Waals surface area (Å²) < 4.78 is 0. The largest absolute Gasteiger partial charge is 0.483 e. The van der Waals surface area contributed by atoms with Gasteiger partial charge in [-0.1, -0.05) is 26.2 Å². The van der Waals surface area contributed by atoms with Crippen LogP contribution < -0.4 is 5.32 Å². The Labute approximate surface area is 184 Å². The van der Waals surface area contributed by atoms with E-state index in [1.165, 1.54) is 32.1 Å². The van der Waals surface area contributed by atoms with Gasteiger partial charge in [0.2, 0.25) is 11.8 Å². The minimum absolute atomic E-state index is 0.156. The molecule has 1 aromatic rings. The first kappa shape index (κ1) is 23.2. The van der Waals surface area contributed by atoms with Crippen molar-refractivity contribution in [2.75, 3.05) is 19.6 Å². The van der Waals surface area contributed by atoms with Gasteiger partial charge < -0.3 is 15.3 Å². The van der Waals surface area contributed by atoms with Gasteiger partial charge >= 0.3 is 0 Å². The highest BCUT2D eigenvalue weighted by Gasteiger charge is 2.42. The second-order valence-electron chi connectivity index (χ2n) is 9.53. The first-order valence-electron chi connectivity index (χ1n) is 11.5. The number of hydrogen-bond donors (Lipinski definition) is 2. The Bertz CT molecular complexity index is 748. The predicted octanol–water partition coefficient (Wildman–Crippen LogP) is 2.90. The molecule has 0 spiro atoms. The lowest BCUT2D eigenvalue weighted by Crippen LogP contribution is -2.42. The number of nitrogens with one attached hydrogen (secondary N) is 1. The Morgan fingerprint density at radius 3 is 2.55 bits per heavy atom. The van der Waals surface area contributed by atoms with Gasteiger partial charge in [-0.15, -0.1) is 0 Å². The van der Waals surface area contributed by atoms with Crippen molar-refractivity contribution in [3.63, 3.8) is 0 Å². The van der Waals surface area contributed by atoms with Gasteiger partial charge in [0.1, 0.15) is 0 Å². The van der Waals surface area contributed by atoms with E-state index in [4.69, 9.17) is 9.90 Å². The van der Waals surface area contributed by atoms with Crippen LogP contribution in [-0.4, -0.2) is 52.9 Å². The first-order chi connectivity index (χ1) is 15.0. The number of amides is 2. The first-order valence-corrected chi connectivity index (χ1v) is 11.5. The summed E-state index contributed by atoms with van der Waals surface area (Å²) in [5.74, 6) is 2.11. The fraction of sp³-hybridized carbons (Fsp3) is 0.667. The molecule has 2 amide bonds. The molecule has 3 fully saturated rings. The molecule has 1 saturated heterocycles. The van der Waals surface area contributed by atoms with E-state index >= 15 is 0 Å². The summed E-state index contributed by atoms with van der Waals surface area (Å²) >= 11 is 0. The number of nitrogens with zero attached hydrogens (tertiary/aromatic N) is 2. The number of likely N-dealkylation sites (tertiary alicyclic amines) is 1. The third-order valence-corrected chi connectivity index (χ3v) is 7.48. The number of aromatic nitrogens is 1. The van der Waals surface area contributed by atoms with Crippen molar-refractivity contribution in [2.45, 2.75) is 58.3 Å². The molecule has 170 valence electrons. The van der Waals surface area contributed by atoms with Crippen LogP contribution in [0, 0.1) is 23.2 Å². The summed E-state index contributed by atoms with van der Waals surface area (Å²) in [6.45, 7) is 4.39. The van der Waals surface area contributed by atoms with Crippen LogP contribution in [0.4, 0.5) is 0 Å². The van der Waals surface area contributed by atoms with Crippen molar-refractivity contribution >= 4 is 18.3 Å². The van der Waals surface area contributed by atoms with Gasteiger partial charge in [0.25, 0.3) is 6.47 Å². The van der Waals surface area contributed by atoms with Gasteiger partial charge in [0.05, 0.1) is 6.42 Å². The molecule has 0 unspecified atom stereocenters. The highest BCUT2D eigenvalue weighted by atomic mass is 16.3. The van der Waals surface area contributed by atoms with E-state index in [9.17, 15) is 9.59 Å². The zero-order chi connectivity index (χ0) is 22.3. The molecule has 2 N–H and O–H groups in total. The molecule has 3 aliphatic rings. The molecule has 2 heterocycles. The van der Waals surface area contributed by atoms with E-state index in [1.54, 1.807) is 12.4 Å². The zero-order valence-electron chi connectivity index (χ0n) is 18.5. The number of carbonyl (C=O) groups is 3. The number of rotatable bonds is 5. The van der Waals surface area contributed by atoms with Crippen LogP contribution in [0.15, 0.2) is 24.5 Å². The van der Waals surface area contributed by atoms with E-state index in [2.05, 4.69) is 22.1 Å². The SMILES string of the molecule is CC1(C(=O)NC[C@H]2CCC[C@H]3CN(C(=O)Cc4ccncc4)C[C@H]23)CCCC1.O=CO. The molecule has 0 radical (unpaired) electrons. The molecule has 7 heteroatoms. The maximum Gasteiger partial charge on any atom is 0.290 e. The van der Waals surface area contributed by atoms with Gasteiger partial charge in [-0.2, -0.15) is 0 Å². The minimum Gasteiger partial charge on any atom is -0.483 e. The summed E-state index contributed by atoms with van der Waals surface area (Å²) in [7, 11) is 0. The van der Waals surface area contributed by atoms with Crippen LogP contribution in [-0.2, 0) is 20.8 Å². The van der Waals surface area contributed by atoms with Crippen molar-refractivity contribution in [1.29, 1.82) is 0 Å². The molecule has 0 aromatic carbocycles. The van der Waals surface area contributed by atoms with Gasteiger partial charge in [-0.05, 0) is 61.1 Å². The van der Waals surface area contributed by atoms with Crippen molar-refractivity contribution < 1.29 is 19.5 Å². The average molecular weight is 430 g/mol. The molecule has 1 aromatic heterocycles. The van der Waals surface area contributed by atoms with E-state index in [0.717, 1.165) is 38.0 Å². The molecular formula is C24H35N3O4. The van der Waals surface area contributed by atoms with Gasteiger partial charge in [0, 0.05) is 37.4 Å². The Balaban J connectivity index is 0.000000858. The number of carboxylic acid groups (broad SMARTS) is 1. The van der Waals surface area contributed by atoms with Gasteiger partial charge in [-0.25, -0.2) is 0 Å². The molecule has 2 aliphatic carbocycles. The molecule has 7 nitrogen and oxygen atoms in total. The zero-order valence-corrected chi connectivity index (χ0v) is 18.5. The standard InChI is InChI=1S/C23H33N3O2.CH2O2/c1-23(9-2-3-10-23)22(28)25-14-18-5-4-6-19-15-26(16-20(18)19)21(27)13-17-7-11-24-12-8-17;2-1-3/h7-8,11-12,18-20H,2-6,9-10,13-16H2,1H3,(H,25,28);1H,(H,2,3)/t18-,19+,20-;/m1./s1. The molecule has 3 atom stereocenters. The van der Waals surface area contributed by atoms with E-state index in [-0.39, 0.29) is 23.7 Å². The molecule has 1 aliphatic heterocycles. The number of carbonyl (C=O) groups excluding carboxylic acids is 2. The molecular weight excluding hydrogens is 394 g/mol. The lowest BCUT2D eigenvalue weighted by Gasteiger charge is -2.34. The maximum absolute atomic E-state index is 12.8. The van der Waals surface area contributed by atoms with Gasteiger partial charge in [-0.3, -0.25) is 19.4 Å². The second kappa shape index (κ2) is 10.7. The second-order valence-corrected chi connectivity index (χ2v) is 9.53. The van der Waals surface area contributed by atoms with E-state index < -0.39 is 0 Å². The Kier molecular flexibility index (Phi) is 8.04. The van der Waals surface area contributed by atoms with Crippen molar-refractivity contribution in [1.82, 2.24) is 15.2 Å². The molecule has 0 bridgehead atoms. The van der Waals surface area contributed by atoms with Crippen molar-refractivity contribution in [2.24, 2.45) is 23.2 Å². The predicted molar refractivity (Wildman–Crippen MR) is 117 cm³/mol. The quantitative estimate of drug-likeness (QED) is 0.701. The fourth-order valence-electron chi connectivity index (χ4n) is 5.66. The molecule has 2 saturated carbocycles. The Hall–Kier alpha value is -2.44. The number of hydrogen-bond acceptors (Lipinski definition) is 4. The minimum atomic E-state index is -0.250. The van der Waals surface area contributed by atoms with Crippen LogP contribution in [0.5, 0.6) is 0 Å². The molecule has 31 heavy (non-hydrogen) atoms. The lowest BCUT2D eigenvalue weighted by molar-refractivity contribution is -0.131. The smallest absolute Gasteiger partial charge is 0.290 e. The van der Waals surface area contributed by atoms with Gasteiger partial charge in [0.15, 0.2) is 0 Å². The number of fused-ring (bicyclic) bond motifs is 1. The van der Waals surface area contributed by atoms with Crippen LogP contribution in [0.1, 0.15) is 57.4 Å². The van der Waals surface area contributed by atoms with Crippen LogP contribution in [0.2, 0.25) is 0 Å². The van der Waals surface area contributed by atoms with Crippen LogP contribution in [0.3, 0.4) is 0 Å². The summed E-state index contributed by atoms with van der Waals surface area (Å²) in [4.78, 5) is 39.9. The lowest BCUT2D eigenvalue weighted by atomic mass is 9.73. The highest BCUT2D eigenvalue weighted by Crippen LogP contribution is 2.41. The monoisotopic (exact) mass is 429 g/mol. The fourth-order valence-corrected chi connectivity index (χ4v) is 5.66. The van der Waals surface area contributed by atoms with E-state index in [0.29, 0.717) is 24.2 Å². The average Bonchev–Trinajstić information content (AvgIpc) is 3.41. The van der Waals surface area contributed by atoms with Crippen molar-refractivity contribution in [3.05, 3.63) is 30.1 Å². The van der Waals surface area contributed by atoms with Crippen LogP contribution in [0.25, 0.3) is 0 Å². The van der Waals surface area contributed by atoms with Crippen LogP contribution >= 0.6 is 0 Å². The molecule has 4 rings (SSSR count). The number of pyridine rings is 1. The summed E-state index contributed by atoms with van der Waals surface area (Å²) in [6, 6.07) is 3.84. The summed E-state index contributed by atoms with van der Waals surface area (Å²) in [6.07, 6.45) is 11.9. The third kappa shape index (κ3) is 5.83. The maximum atomic E-state index is 12.8. The van der Waals surface area contributed by atoms with Crippen molar-refractivity contribution in [3.8, 4) is 0 Å². The third-order valence-electron chi connectivity index (χ3n) is 7.48. The summed E-state index contributed by atoms with van der Waals surface area (Å²) in [5.41, 5.74) is 0.875. The topological polar surface area (TPSA) is 99.6 Å². The van der Waals surface area contributed by atoms with E-state index in [1.807, 2.05) is 12.1 Å². The summed E-state index contributed by atoms with van der Waals surface area (Å²) in [5, 5.41) is 10.2. The normalized spacial score (nSPS) is 26.4. The Morgan fingerprint density at radius 2 is 1.87 bits per heavy atom. The Morgan fingerprint density at radius 1 is 1.19 bits per heavy atom.